The highest BCUT2D eigenvalue weighted by Crippen LogP contribution is 2.18. The van der Waals surface area contributed by atoms with Crippen molar-refractivity contribution >= 4 is 6.03 Å². The third kappa shape index (κ3) is 6.42. The lowest BCUT2D eigenvalue weighted by atomic mass is 9.96. The van der Waals surface area contributed by atoms with Crippen molar-refractivity contribution in [2.24, 2.45) is 11.7 Å². The van der Waals surface area contributed by atoms with Crippen molar-refractivity contribution in [3.05, 3.63) is 48.0 Å². The maximum Gasteiger partial charge on any atom is 0.314 e. The van der Waals surface area contributed by atoms with E-state index in [9.17, 15) is 9.90 Å². The molecule has 3 N–H and O–H groups in total. The van der Waals surface area contributed by atoms with Crippen molar-refractivity contribution in [3.63, 3.8) is 0 Å². The normalized spacial score (nSPS) is 17.5. The zero-order chi connectivity index (χ0) is 16.5. The van der Waals surface area contributed by atoms with E-state index in [0.29, 0.717) is 38.6 Å². The van der Waals surface area contributed by atoms with Gasteiger partial charge in [-0.1, -0.05) is 42.5 Å². The summed E-state index contributed by atoms with van der Waals surface area (Å²) in [5.74, 6) is 0.461. The topological polar surface area (TPSA) is 75.8 Å². The van der Waals surface area contributed by atoms with Crippen LogP contribution in [0.2, 0.25) is 0 Å². The molecule has 1 fully saturated rings. The Morgan fingerprint density at radius 2 is 2.04 bits per heavy atom. The number of amides is 2. The zero-order valence-electron chi connectivity index (χ0n) is 13.4. The van der Waals surface area contributed by atoms with Crippen LogP contribution < -0.4 is 5.73 Å². The van der Waals surface area contributed by atoms with Crippen LogP contribution >= 0.6 is 0 Å². The molecule has 2 rings (SSSR count). The Labute approximate surface area is 137 Å². The molecule has 0 bridgehead atoms. The van der Waals surface area contributed by atoms with Gasteiger partial charge in [0.05, 0.1) is 19.3 Å². The first kappa shape index (κ1) is 17.5. The average molecular weight is 318 g/mol. The largest absolute Gasteiger partial charge is 0.390 e. The lowest BCUT2D eigenvalue weighted by Crippen LogP contribution is -2.41. The molecule has 1 saturated heterocycles. The number of likely N-dealkylation sites (tertiary alicyclic amines) is 1. The number of aliphatic hydroxyl groups is 1. The summed E-state index contributed by atoms with van der Waals surface area (Å²) in [5.41, 5.74) is 6.37. The molecular formula is C18H26N2O3. The predicted octanol–water partition coefficient (Wildman–Crippen LogP) is 2.30. The van der Waals surface area contributed by atoms with E-state index >= 15 is 0 Å². The van der Waals surface area contributed by atoms with Crippen LogP contribution in [0.1, 0.15) is 24.8 Å². The fourth-order valence-electron chi connectivity index (χ4n) is 2.70. The second-order valence-electron chi connectivity index (χ2n) is 5.98. The zero-order valence-corrected chi connectivity index (χ0v) is 13.4. The van der Waals surface area contributed by atoms with Crippen molar-refractivity contribution < 1.29 is 14.6 Å². The second-order valence-corrected chi connectivity index (χ2v) is 5.98. The highest BCUT2D eigenvalue weighted by atomic mass is 16.5. The molecule has 126 valence electrons. The molecule has 1 aromatic carbocycles. The number of ether oxygens (including phenoxy) is 1. The number of nitrogens with two attached hydrogens (primary N) is 1. The summed E-state index contributed by atoms with van der Waals surface area (Å²) in [6.45, 7) is 2.28. The molecule has 5 heteroatoms. The SMILES string of the molecule is NC(=O)N1CCC(/C=C\C[C@@H](O)COCc2ccccc2)CC1. The summed E-state index contributed by atoms with van der Waals surface area (Å²) in [7, 11) is 0. The van der Waals surface area contributed by atoms with E-state index in [4.69, 9.17) is 10.5 Å². The van der Waals surface area contributed by atoms with Gasteiger partial charge in [0.2, 0.25) is 0 Å². The van der Waals surface area contributed by atoms with Crippen LogP contribution in [0.15, 0.2) is 42.5 Å². The number of benzene rings is 1. The monoisotopic (exact) mass is 318 g/mol. The van der Waals surface area contributed by atoms with Gasteiger partial charge < -0.3 is 20.5 Å². The molecule has 1 aliphatic rings. The maximum absolute atomic E-state index is 11.1. The van der Waals surface area contributed by atoms with E-state index in [1.165, 1.54) is 0 Å². The number of carbonyl (C=O) groups excluding carboxylic acids is 1. The maximum atomic E-state index is 11.1. The second kappa shape index (κ2) is 9.33. The average Bonchev–Trinajstić information content (AvgIpc) is 2.56. The molecule has 0 aromatic heterocycles. The summed E-state index contributed by atoms with van der Waals surface area (Å²) >= 11 is 0. The minimum absolute atomic E-state index is 0.333. The van der Waals surface area contributed by atoms with Crippen molar-refractivity contribution in [3.8, 4) is 0 Å². The lowest BCUT2D eigenvalue weighted by molar-refractivity contribution is 0.0300. The van der Waals surface area contributed by atoms with Gasteiger partial charge in [-0.05, 0) is 30.7 Å². The number of hydrogen-bond donors (Lipinski definition) is 2. The van der Waals surface area contributed by atoms with Crippen molar-refractivity contribution in [2.75, 3.05) is 19.7 Å². The first-order valence-corrected chi connectivity index (χ1v) is 8.16. The van der Waals surface area contributed by atoms with Crippen LogP contribution in [0, 0.1) is 5.92 Å². The minimum Gasteiger partial charge on any atom is -0.390 e. The van der Waals surface area contributed by atoms with Gasteiger partial charge in [0, 0.05) is 13.1 Å². The van der Waals surface area contributed by atoms with E-state index in [-0.39, 0.29) is 6.03 Å². The van der Waals surface area contributed by atoms with Gasteiger partial charge in [0.1, 0.15) is 0 Å². The third-order valence-electron chi connectivity index (χ3n) is 4.09. The standard InChI is InChI=1S/C18H26N2O3/c19-18(22)20-11-9-15(10-12-20)7-4-8-17(21)14-23-13-16-5-2-1-3-6-16/h1-7,15,17,21H,8-14H2,(H2,19,22)/b7-4-/t17-/m1/s1. The van der Waals surface area contributed by atoms with Gasteiger partial charge >= 0.3 is 6.03 Å². The highest BCUT2D eigenvalue weighted by Gasteiger charge is 2.19. The van der Waals surface area contributed by atoms with Crippen LogP contribution in [0.25, 0.3) is 0 Å². The van der Waals surface area contributed by atoms with Crippen LogP contribution in [0.5, 0.6) is 0 Å². The van der Waals surface area contributed by atoms with Gasteiger partial charge in [-0.3, -0.25) is 0 Å². The van der Waals surface area contributed by atoms with Gasteiger partial charge in [-0.25, -0.2) is 4.79 Å². The van der Waals surface area contributed by atoms with Crippen LogP contribution in [-0.2, 0) is 11.3 Å². The Hall–Kier alpha value is -1.85. The summed E-state index contributed by atoms with van der Waals surface area (Å²) in [6.07, 6.45) is 6.12. The number of piperidine rings is 1. The van der Waals surface area contributed by atoms with E-state index < -0.39 is 6.10 Å². The molecule has 5 nitrogen and oxygen atoms in total. The highest BCUT2D eigenvalue weighted by molar-refractivity contribution is 5.72. The Morgan fingerprint density at radius 1 is 1.35 bits per heavy atom. The van der Waals surface area contributed by atoms with Crippen LogP contribution in [0.4, 0.5) is 4.79 Å². The molecule has 0 aliphatic carbocycles. The number of aliphatic hydroxyl groups excluding tert-OH is 1. The fourth-order valence-corrected chi connectivity index (χ4v) is 2.70. The lowest BCUT2D eigenvalue weighted by Gasteiger charge is -2.29. The summed E-state index contributed by atoms with van der Waals surface area (Å²) < 4.78 is 5.52. The van der Waals surface area contributed by atoms with Crippen molar-refractivity contribution in [1.82, 2.24) is 4.90 Å². The Bertz CT molecular complexity index is 496. The molecule has 2 amide bonds. The minimum atomic E-state index is -0.485. The molecule has 1 heterocycles. The van der Waals surface area contributed by atoms with Gasteiger partial charge in [0.25, 0.3) is 0 Å². The first-order chi connectivity index (χ1) is 11.1. The molecule has 0 radical (unpaired) electrons. The van der Waals surface area contributed by atoms with Crippen molar-refractivity contribution in [2.45, 2.75) is 32.0 Å². The number of urea groups is 1. The summed E-state index contributed by atoms with van der Waals surface area (Å²) in [4.78, 5) is 12.7. The summed E-state index contributed by atoms with van der Waals surface area (Å²) in [5, 5.41) is 9.93. The van der Waals surface area contributed by atoms with E-state index in [0.717, 1.165) is 18.4 Å². The Morgan fingerprint density at radius 3 is 2.70 bits per heavy atom. The van der Waals surface area contributed by atoms with Gasteiger partial charge in [-0.15, -0.1) is 0 Å². The quantitative estimate of drug-likeness (QED) is 0.757. The third-order valence-corrected chi connectivity index (χ3v) is 4.09. The Balaban J connectivity index is 1.59. The molecule has 1 atom stereocenters. The number of rotatable bonds is 7. The fraction of sp³-hybridized carbons (Fsp3) is 0.500. The van der Waals surface area contributed by atoms with E-state index in [1.807, 2.05) is 36.4 Å². The first-order valence-electron chi connectivity index (χ1n) is 8.16. The molecule has 0 saturated carbocycles. The molecular weight excluding hydrogens is 292 g/mol. The van der Waals surface area contributed by atoms with Gasteiger partial charge in [0.15, 0.2) is 0 Å². The molecule has 0 spiro atoms. The molecule has 0 unspecified atom stereocenters. The number of carbonyl (C=O) groups is 1. The van der Waals surface area contributed by atoms with Crippen LogP contribution in [-0.4, -0.2) is 41.8 Å². The van der Waals surface area contributed by atoms with Crippen molar-refractivity contribution in [1.29, 1.82) is 0 Å². The Kier molecular flexibility index (Phi) is 7.10. The number of primary amides is 1. The molecule has 23 heavy (non-hydrogen) atoms. The van der Waals surface area contributed by atoms with E-state index in [2.05, 4.69) is 6.08 Å². The van der Waals surface area contributed by atoms with E-state index in [1.54, 1.807) is 4.90 Å². The van der Waals surface area contributed by atoms with Gasteiger partial charge in [-0.2, -0.15) is 0 Å². The number of hydrogen-bond acceptors (Lipinski definition) is 3. The predicted molar refractivity (Wildman–Crippen MR) is 89.7 cm³/mol. The molecule has 1 aliphatic heterocycles. The number of nitrogens with zero attached hydrogens (tertiary/aromatic N) is 1. The van der Waals surface area contributed by atoms with Crippen LogP contribution in [0.3, 0.4) is 0 Å². The number of allylic oxidation sites excluding steroid dienone is 1. The molecule has 1 aromatic rings. The summed E-state index contributed by atoms with van der Waals surface area (Å²) in [6, 6.07) is 9.59. The smallest absolute Gasteiger partial charge is 0.314 e.